The van der Waals surface area contributed by atoms with Gasteiger partial charge in [-0.15, -0.1) is 0 Å². The van der Waals surface area contributed by atoms with Gasteiger partial charge in [-0.1, -0.05) is 54.6 Å². The van der Waals surface area contributed by atoms with Crippen molar-refractivity contribution in [1.29, 1.82) is 0 Å². The molecule has 2 saturated heterocycles. The number of imidazole rings is 1. The highest BCUT2D eigenvalue weighted by Gasteiger charge is 2.35. The van der Waals surface area contributed by atoms with Crippen molar-refractivity contribution in [2.45, 2.75) is 70.6 Å². The molecule has 2 aliphatic heterocycles. The molecular weight excluding hydrogens is 594 g/mol. The Morgan fingerprint density at radius 2 is 1.45 bits per heavy atom. The summed E-state index contributed by atoms with van der Waals surface area (Å²) in [6.07, 6.45) is 2.32. The number of ether oxygens (including phenoxy) is 1. The van der Waals surface area contributed by atoms with Crippen LogP contribution in [0.3, 0.4) is 0 Å². The molecule has 248 valence electrons. The zero-order chi connectivity index (χ0) is 33.3. The van der Waals surface area contributed by atoms with Crippen LogP contribution in [0, 0.1) is 5.92 Å². The maximum absolute atomic E-state index is 14.2. The first-order chi connectivity index (χ1) is 22.5. The van der Waals surface area contributed by atoms with E-state index in [2.05, 4.69) is 17.4 Å². The molecule has 2 fully saturated rings. The first kappa shape index (κ1) is 32.3. The molecule has 0 saturated carbocycles. The van der Waals surface area contributed by atoms with Crippen molar-refractivity contribution in [2.24, 2.45) is 13.0 Å². The van der Waals surface area contributed by atoms with Crippen molar-refractivity contribution < 1.29 is 19.1 Å². The molecule has 0 unspecified atom stereocenters. The maximum Gasteiger partial charge on any atom is 0.410 e. The third-order valence-corrected chi connectivity index (χ3v) is 9.52. The number of nitrogens with one attached hydrogen (secondary N) is 1. The minimum atomic E-state index is -0.732. The Labute approximate surface area is 275 Å². The van der Waals surface area contributed by atoms with E-state index in [0.29, 0.717) is 58.3 Å². The molecule has 0 bridgehead atoms. The molecule has 0 radical (unpaired) electrons. The molecule has 6 rings (SSSR count). The van der Waals surface area contributed by atoms with E-state index in [1.165, 1.54) is 0 Å². The maximum atomic E-state index is 14.2. The molecule has 1 aromatic heterocycles. The number of piperidine rings is 2. The van der Waals surface area contributed by atoms with E-state index in [-0.39, 0.29) is 35.6 Å². The molecule has 47 heavy (non-hydrogen) atoms. The molecule has 2 aliphatic rings. The van der Waals surface area contributed by atoms with Crippen LogP contribution in [-0.4, -0.2) is 74.7 Å². The minimum absolute atomic E-state index is 0.0127. The number of hydrogen-bond acceptors (Lipinski definition) is 5. The summed E-state index contributed by atoms with van der Waals surface area (Å²) in [5.74, 6) is -0.573. The van der Waals surface area contributed by atoms with Crippen molar-refractivity contribution in [2.75, 3.05) is 26.2 Å². The van der Waals surface area contributed by atoms with Crippen LogP contribution in [0.4, 0.5) is 4.79 Å². The topological polar surface area (TPSA) is 106 Å². The van der Waals surface area contributed by atoms with Gasteiger partial charge in [0.05, 0.1) is 11.0 Å². The van der Waals surface area contributed by atoms with Crippen LogP contribution in [0.1, 0.15) is 58.1 Å². The summed E-state index contributed by atoms with van der Waals surface area (Å²) >= 11 is 0. The van der Waals surface area contributed by atoms with Gasteiger partial charge >= 0.3 is 11.8 Å². The molecule has 3 amide bonds. The fraction of sp³-hybridized carbons (Fsp3) is 0.459. The van der Waals surface area contributed by atoms with E-state index in [0.717, 1.165) is 27.4 Å². The molecule has 1 N–H and O–H groups in total. The lowest BCUT2D eigenvalue weighted by Crippen LogP contribution is -2.54. The Kier molecular flexibility index (Phi) is 9.12. The Hall–Kier alpha value is -4.60. The molecule has 4 aromatic rings. The average Bonchev–Trinajstić information content (AvgIpc) is 3.32. The molecule has 10 nitrogen and oxygen atoms in total. The standard InChI is InChI=1S/C37H45N5O5/c1-37(2,3)47-36(46)41-19-15-27(16-20-41)33(43)38-30(24-25-13-14-26-9-5-6-10-28(26)23-25)34(44)40-21-17-29(18-22-40)42-32-12-8-7-11-31(32)39(4)35(42)45/h5-14,23,27,29-30H,15-22,24H2,1-4H3,(H,38,43)/t30-/m1/s1. The van der Waals surface area contributed by atoms with Crippen LogP contribution < -0.4 is 11.0 Å². The van der Waals surface area contributed by atoms with Gasteiger partial charge in [0, 0.05) is 51.6 Å². The summed E-state index contributed by atoms with van der Waals surface area (Å²) in [5, 5.41) is 5.32. The van der Waals surface area contributed by atoms with Gasteiger partial charge in [-0.2, -0.15) is 0 Å². The van der Waals surface area contributed by atoms with Crippen molar-refractivity contribution >= 4 is 39.7 Å². The van der Waals surface area contributed by atoms with Crippen LogP contribution in [0.15, 0.2) is 71.5 Å². The predicted octanol–water partition coefficient (Wildman–Crippen LogP) is 5.03. The Bertz CT molecular complexity index is 1840. The number of likely N-dealkylation sites (tertiary alicyclic amines) is 2. The lowest BCUT2D eigenvalue weighted by Gasteiger charge is -2.36. The van der Waals surface area contributed by atoms with Gasteiger partial charge in [-0.05, 0) is 74.9 Å². The number of hydrogen-bond donors (Lipinski definition) is 1. The van der Waals surface area contributed by atoms with Crippen LogP contribution in [0.5, 0.6) is 0 Å². The number of rotatable bonds is 6. The average molecular weight is 640 g/mol. The number of aromatic nitrogens is 2. The summed E-state index contributed by atoms with van der Waals surface area (Å²) in [5.41, 5.74) is 2.14. The van der Waals surface area contributed by atoms with E-state index in [1.54, 1.807) is 16.5 Å². The third-order valence-electron chi connectivity index (χ3n) is 9.52. The number of fused-ring (bicyclic) bond motifs is 2. The van der Waals surface area contributed by atoms with Crippen LogP contribution in [0.25, 0.3) is 21.8 Å². The molecule has 3 aromatic carbocycles. The van der Waals surface area contributed by atoms with E-state index in [4.69, 9.17) is 4.74 Å². The Morgan fingerprint density at radius 1 is 0.830 bits per heavy atom. The Balaban J connectivity index is 1.16. The third kappa shape index (κ3) is 7.06. The summed E-state index contributed by atoms with van der Waals surface area (Å²) in [4.78, 5) is 57.0. The number of carbonyl (C=O) groups excluding carboxylic acids is 3. The van der Waals surface area contributed by atoms with E-state index in [9.17, 15) is 19.2 Å². The molecule has 3 heterocycles. The lowest BCUT2D eigenvalue weighted by atomic mass is 9.94. The van der Waals surface area contributed by atoms with E-state index < -0.39 is 11.6 Å². The van der Waals surface area contributed by atoms with Gasteiger partial charge in [0.2, 0.25) is 11.8 Å². The van der Waals surface area contributed by atoms with Crippen LogP contribution >= 0.6 is 0 Å². The highest BCUT2D eigenvalue weighted by molar-refractivity contribution is 5.89. The Morgan fingerprint density at radius 3 is 2.13 bits per heavy atom. The number of nitrogens with zero attached hydrogens (tertiary/aromatic N) is 4. The van der Waals surface area contributed by atoms with Gasteiger partial charge in [0.15, 0.2) is 0 Å². The van der Waals surface area contributed by atoms with Gasteiger partial charge in [-0.3, -0.25) is 18.7 Å². The summed E-state index contributed by atoms with van der Waals surface area (Å²) in [7, 11) is 1.79. The van der Waals surface area contributed by atoms with Gasteiger partial charge < -0.3 is 19.9 Å². The smallest absolute Gasteiger partial charge is 0.410 e. The number of aryl methyl sites for hydroxylation is 1. The predicted molar refractivity (Wildman–Crippen MR) is 182 cm³/mol. The number of amides is 3. The second kappa shape index (κ2) is 13.3. The summed E-state index contributed by atoms with van der Waals surface area (Å²) in [6.45, 7) is 7.36. The van der Waals surface area contributed by atoms with Crippen molar-refractivity contribution in [3.05, 3.63) is 82.8 Å². The lowest BCUT2D eigenvalue weighted by molar-refractivity contribution is -0.138. The molecular formula is C37H45N5O5. The zero-order valence-electron chi connectivity index (χ0n) is 27.8. The molecule has 0 spiro atoms. The second-order valence-electron chi connectivity index (χ2n) is 13.9. The molecule has 1 atom stereocenters. The molecule has 10 heteroatoms. The van der Waals surface area contributed by atoms with Gasteiger partial charge in [0.25, 0.3) is 0 Å². The minimum Gasteiger partial charge on any atom is -0.444 e. The quantitative estimate of drug-likeness (QED) is 0.319. The zero-order valence-corrected chi connectivity index (χ0v) is 27.8. The van der Waals surface area contributed by atoms with Crippen molar-refractivity contribution in [3.63, 3.8) is 0 Å². The number of para-hydroxylation sites is 2. The monoisotopic (exact) mass is 639 g/mol. The normalized spacial score (nSPS) is 17.2. The van der Waals surface area contributed by atoms with Crippen LogP contribution in [-0.2, 0) is 27.8 Å². The first-order valence-electron chi connectivity index (χ1n) is 16.7. The highest BCUT2D eigenvalue weighted by atomic mass is 16.6. The van der Waals surface area contributed by atoms with E-state index in [1.807, 2.05) is 84.8 Å². The first-order valence-corrected chi connectivity index (χ1v) is 16.7. The fourth-order valence-corrected chi connectivity index (χ4v) is 6.98. The fourth-order valence-electron chi connectivity index (χ4n) is 6.98. The SMILES string of the molecule is Cn1c(=O)n(C2CCN(C(=O)[C@@H](Cc3ccc4ccccc4c3)NC(=O)C3CCN(C(=O)OC(C)(C)C)CC3)CC2)c2ccccc21. The summed E-state index contributed by atoms with van der Waals surface area (Å²) in [6, 6.07) is 21.3. The van der Waals surface area contributed by atoms with Crippen molar-refractivity contribution in [3.8, 4) is 0 Å². The highest BCUT2D eigenvalue weighted by Crippen LogP contribution is 2.27. The van der Waals surface area contributed by atoms with Gasteiger partial charge in [0.1, 0.15) is 11.6 Å². The van der Waals surface area contributed by atoms with Crippen molar-refractivity contribution in [1.82, 2.24) is 24.3 Å². The number of carbonyl (C=O) groups is 3. The van der Waals surface area contributed by atoms with Gasteiger partial charge in [-0.25, -0.2) is 9.59 Å². The largest absolute Gasteiger partial charge is 0.444 e. The number of benzene rings is 3. The van der Waals surface area contributed by atoms with E-state index >= 15 is 0 Å². The van der Waals surface area contributed by atoms with Crippen LogP contribution in [0.2, 0.25) is 0 Å². The molecule has 0 aliphatic carbocycles. The second-order valence-corrected chi connectivity index (χ2v) is 13.9. The summed E-state index contributed by atoms with van der Waals surface area (Å²) < 4.78 is 9.06.